The number of benzene rings is 1. The summed E-state index contributed by atoms with van der Waals surface area (Å²) in [6.45, 7) is 0.0568. The maximum Gasteiger partial charge on any atom is 0.429 e. The van der Waals surface area contributed by atoms with Crippen molar-refractivity contribution in [2.75, 3.05) is 5.33 Å². The lowest BCUT2D eigenvalue weighted by molar-refractivity contribution is -0.0591. The van der Waals surface area contributed by atoms with E-state index in [1.54, 1.807) is 24.3 Å². The lowest BCUT2D eigenvalue weighted by atomic mass is 10.2. The maximum atomic E-state index is 12.3. The number of hydrogen-bond acceptors (Lipinski definition) is 1. The molecule has 0 saturated carbocycles. The van der Waals surface area contributed by atoms with Gasteiger partial charge in [0.25, 0.3) is 0 Å². The molecule has 15 heavy (non-hydrogen) atoms. The van der Waals surface area contributed by atoms with E-state index >= 15 is 0 Å². The highest BCUT2D eigenvalue weighted by atomic mass is 79.9. The van der Waals surface area contributed by atoms with Crippen molar-refractivity contribution in [1.29, 1.82) is 0 Å². The Balaban J connectivity index is 2.72. The Kier molecular flexibility index (Phi) is 4.32. The Bertz CT molecular complexity index is 332. The van der Waals surface area contributed by atoms with Crippen LogP contribution in [0.5, 0.6) is 0 Å². The van der Waals surface area contributed by atoms with Gasteiger partial charge in [-0.15, -0.1) is 0 Å². The molecule has 0 amide bonds. The SMILES string of the molecule is FC(F)(F)C(CBr)=NCc1ccccc1. The first kappa shape index (κ1) is 12.2. The van der Waals surface area contributed by atoms with E-state index in [0.717, 1.165) is 5.56 Å². The zero-order chi connectivity index (χ0) is 11.3. The van der Waals surface area contributed by atoms with Gasteiger partial charge in [0, 0.05) is 0 Å². The molecular formula is C10H9BrF3N. The quantitative estimate of drug-likeness (QED) is 0.592. The highest BCUT2D eigenvalue weighted by molar-refractivity contribution is 9.09. The van der Waals surface area contributed by atoms with Gasteiger partial charge in [-0.25, -0.2) is 0 Å². The fourth-order valence-electron chi connectivity index (χ4n) is 0.978. The molecule has 0 heterocycles. The lowest BCUT2D eigenvalue weighted by Gasteiger charge is -2.07. The molecule has 0 fully saturated rings. The Hall–Kier alpha value is -0.840. The van der Waals surface area contributed by atoms with Crippen molar-refractivity contribution in [3.8, 4) is 0 Å². The molecule has 0 saturated heterocycles. The third kappa shape index (κ3) is 4.03. The summed E-state index contributed by atoms with van der Waals surface area (Å²) in [6.07, 6.45) is -4.35. The van der Waals surface area contributed by atoms with Crippen molar-refractivity contribution < 1.29 is 13.2 Å². The third-order valence-electron chi connectivity index (χ3n) is 1.75. The number of hydrogen-bond donors (Lipinski definition) is 0. The molecule has 0 bridgehead atoms. The Morgan fingerprint density at radius 1 is 1.20 bits per heavy atom. The van der Waals surface area contributed by atoms with Gasteiger partial charge in [0.2, 0.25) is 0 Å². The van der Waals surface area contributed by atoms with E-state index in [1.807, 2.05) is 6.07 Å². The Labute approximate surface area is 94.2 Å². The molecule has 0 radical (unpaired) electrons. The first-order chi connectivity index (χ1) is 7.04. The third-order valence-corrected chi connectivity index (χ3v) is 2.28. The summed E-state index contributed by atoms with van der Waals surface area (Å²) in [5.41, 5.74) is -0.0217. The van der Waals surface area contributed by atoms with E-state index in [4.69, 9.17) is 0 Å². The van der Waals surface area contributed by atoms with Crippen LogP contribution in [0.4, 0.5) is 13.2 Å². The van der Waals surface area contributed by atoms with Crippen LogP contribution in [0.3, 0.4) is 0 Å². The van der Waals surface area contributed by atoms with Crippen molar-refractivity contribution in [2.45, 2.75) is 12.7 Å². The van der Waals surface area contributed by atoms with E-state index in [0.29, 0.717) is 0 Å². The second-order valence-electron chi connectivity index (χ2n) is 2.88. The molecule has 0 N–H and O–H groups in total. The van der Waals surface area contributed by atoms with Gasteiger partial charge >= 0.3 is 6.18 Å². The largest absolute Gasteiger partial charge is 0.429 e. The van der Waals surface area contributed by atoms with Crippen LogP contribution in [-0.4, -0.2) is 17.2 Å². The van der Waals surface area contributed by atoms with Crippen LogP contribution >= 0.6 is 15.9 Å². The Morgan fingerprint density at radius 2 is 1.80 bits per heavy atom. The molecule has 82 valence electrons. The smallest absolute Gasteiger partial charge is 0.279 e. The van der Waals surface area contributed by atoms with Crippen molar-refractivity contribution in [3.05, 3.63) is 35.9 Å². The van der Waals surface area contributed by atoms with Crippen LogP contribution in [0.15, 0.2) is 35.3 Å². The zero-order valence-electron chi connectivity index (χ0n) is 7.76. The molecule has 1 rings (SSSR count). The summed E-state index contributed by atoms with van der Waals surface area (Å²) in [7, 11) is 0. The molecule has 0 aromatic heterocycles. The zero-order valence-corrected chi connectivity index (χ0v) is 9.35. The molecular weight excluding hydrogens is 271 g/mol. The summed E-state index contributed by atoms with van der Waals surface area (Å²) >= 11 is 2.77. The minimum absolute atomic E-state index is 0.0568. The molecule has 1 nitrogen and oxygen atoms in total. The van der Waals surface area contributed by atoms with Gasteiger partial charge in [0.1, 0.15) is 5.71 Å². The minimum atomic E-state index is -4.35. The van der Waals surface area contributed by atoms with E-state index in [9.17, 15) is 13.2 Å². The van der Waals surface area contributed by atoms with Crippen LogP contribution in [-0.2, 0) is 6.54 Å². The molecule has 0 unspecified atom stereocenters. The second kappa shape index (κ2) is 5.30. The molecule has 0 aliphatic carbocycles. The first-order valence-electron chi connectivity index (χ1n) is 4.24. The topological polar surface area (TPSA) is 12.4 Å². The maximum absolute atomic E-state index is 12.3. The average molecular weight is 280 g/mol. The molecule has 1 aromatic rings. The monoisotopic (exact) mass is 279 g/mol. The Morgan fingerprint density at radius 3 is 2.27 bits per heavy atom. The summed E-state index contributed by atoms with van der Waals surface area (Å²) in [4.78, 5) is 3.53. The van der Waals surface area contributed by atoms with Crippen LogP contribution in [0.25, 0.3) is 0 Å². The van der Waals surface area contributed by atoms with Crippen LogP contribution in [0.2, 0.25) is 0 Å². The molecule has 0 aliphatic heterocycles. The van der Waals surface area contributed by atoms with E-state index in [1.165, 1.54) is 0 Å². The molecule has 0 atom stereocenters. The van der Waals surface area contributed by atoms with Crippen LogP contribution in [0.1, 0.15) is 5.56 Å². The van der Waals surface area contributed by atoms with E-state index < -0.39 is 11.9 Å². The fraction of sp³-hybridized carbons (Fsp3) is 0.300. The molecule has 0 aliphatic rings. The number of halogens is 4. The lowest BCUT2D eigenvalue weighted by Crippen LogP contribution is -2.24. The van der Waals surface area contributed by atoms with Crippen molar-refractivity contribution in [3.63, 3.8) is 0 Å². The molecule has 0 spiro atoms. The number of alkyl halides is 4. The average Bonchev–Trinajstić information content (AvgIpc) is 2.18. The van der Waals surface area contributed by atoms with Gasteiger partial charge in [-0.2, -0.15) is 13.2 Å². The van der Waals surface area contributed by atoms with E-state index in [2.05, 4.69) is 20.9 Å². The highest BCUT2D eigenvalue weighted by Crippen LogP contribution is 2.19. The minimum Gasteiger partial charge on any atom is -0.279 e. The number of rotatable bonds is 3. The first-order valence-corrected chi connectivity index (χ1v) is 5.36. The number of nitrogens with zero attached hydrogens (tertiary/aromatic N) is 1. The van der Waals surface area contributed by atoms with Gasteiger partial charge in [-0.05, 0) is 5.56 Å². The van der Waals surface area contributed by atoms with Crippen molar-refractivity contribution >= 4 is 21.6 Å². The molecule has 5 heteroatoms. The van der Waals surface area contributed by atoms with Gasteiger partial charge in [0.05, 0.1) is 11.9 Å². The van der Waals surface area contributed by atoms with Gasteiger partial charge < -0.3 is 0 Å². The fourth-order valence-corrected chi connectivity index (χ4v) is 1.47. The predicted molar refractivity (Wildman–Crippen MR) is 57.4 cm³/mol. The van der Waals surface area contributed by atoms with E-state index in [-0.39, 0.29) is 11.9 Å². The molecule has 1 aromatic carbocycles. The van der Waals surface area contributed by atoms with Gasteiger partial charge in [-0.1, -0.05) is 46.3 Å². The standard InChI is InChI=1S/C10H9BrF3N/c11-6-9(10(12,13)14)15-7-8-4-2-1-3-5-8/h1-5H,6-7H2. The van der Waals surface area contributed by atoms with Gasteiger partial charge in [-0.3, -0.25) is 4.99 Å². The van der Waals surface area contributed by atoms with Crippen molar-refractivity contribution in [1.82, 2.24) is 0 Å². The van der Waals surface area contributed by atoms with Crippen molar-refractivity contribution in [2.24, 2.45) is 4.99 Å². The van der Waals surface area contributed by atoms with Crippen LogP contribution < -0.4 is 0 Å². The summed E-state index contributed by atoms with van der Waals surface area (Å²) in [6, 6.07) is 8.83. The normalized spacial score (nSPS) is 12.9. The van der Waals surface area contributed by atoms with Gasteiger partial charge in [0.15, 0.2) is 0 Å². The summed E-state index contributed by atoms with van der Waals surface area (Å²) in [5, 5.41) is -0.274. The summed E-state index contributed by atoms with van der Waals surface area (Å²) in [5.74, 6) is 0. The number of aliphatic imine (C=N–C) groups is 1. The van der Waals surface area contributed by atoms with Crippen LogP contribution in [0, 0.1) is 0 Å². The summed E-state index contributed by atoms with van der Waals surface area (Å²) < 4.78 is 36.8. The highest BCUT2D eigenvalue weighted by Gasteiger charge is 2.34. The predicted octanol–water partition coefficient (Wildman–Crippen LogP) is 3.58. The second-order valence-corrected chi connectivity index (χ2v) is 3.44.